The van der Waals surface area contributed by atoms with Gasteiger partial charge in [0.1, 0.15) is 24.4 Å². The minimum Gasteiger partial charge on any atom is -0.394 e. The van der Waals surface area contributed by atoms with Gasteiger partial charge in [-0.2, -0.15) is 0 Å². The molecule has 0 bridgehead atoms. The fraction of sp³-hybridized carbons (Fsp3) is 0.886. The number of aliphatic hydroxyl groups is 4. The predicted molar refractivity (Wildman–Crippen MR) is 161 cm³/mol. The highest BCUT2D eigenvalue weighted by molar-refractivity contribution is 5.28. The van der Waals surface area contributed by atoms with E-state index in [2.05, 4.69) is 59.8 Å². The van der Waals surface area contributed by atoms with Gasteiger partial charge in [0.05, 0.1) is 12.7 Å². The molecule has 4 aliphatic carbocycles. The second kappa shape index (κ2) is 12.3. The van der Waals surface area contributed by atoms with Crippen LogP contribution in [0, 0.1) is 52.3 Å². The van der Waals surface area contributed by atoms with Crippen molar-refractivity contribution in [1.82, 2.24) is 0 Å². The molecule has 0 amide bonds. The third-order valence-corrected chi connectivity index (χ3v) is 12.9. The molecule has 0 spiro atoms. The quantitative estimate of drug-likeness (QED) is 0.281. The van der Waals surface area contributed by atoms with E-state index in [0.29, 0.717) is 40.9 Å². The van der Waals surface area contributed by atoms with Gasteiger partial charge in [-0.15, -0.1) is 0 Å². The number of rotatable bonds is 8. The van der Waals surface area contributed by atoms with Crippen molar-refractivity contribution >= 4 is 0 Å². The Balaban J connectivity index is 1.26. The van der Waals surface area contributed by atoms with E-state index in [1.165, 1.54) is 32.1 Å². The van der Waals surface area contributed by atoms with E-state index in [1.807, 2.05) is 0 Å². The van der Waals surface area contributed by atoms with E-state index < -0.39 is 37.3 Å². The van der Waals surface area contributed by atoms with Crippen LogP contribution in [0.3, 0.4) is 0 Å². The van der Waals surface area contributed by atoms with Crippen molar-refractivity contribution in [1.29, 1.82) is 0 Å². The molecular weight excluding hydrogens is 516 g/mol. The lowest BCUT2D eigenvalue weighted by Crippen LogP contribution is -2.60. The zero-order chi connectivity index (χ0) is 29.7. The van der Waals surface area contributed by atoms with Crippen LogP contribution in [0.1, 0.15) is 99.3 Å². The van der Waals surface area contributed by atoms with Crippen LogP contribution >= 0.6 is 0 Å². The molecular formula is C35H58O6. The Labute approximate surface area is 248 Å². The maximum atomic E-state index is 10.5. The molecule has 41 heavy (non-hydrogen) atoms. The molecule has 0 unspecified atom stereocenters. The van der Waals surface area contributed by atoms with Gasteiger partial charge in [-0.1, -0.05) is 65.3 Å². The van der Waals surface area contributed by atoms with Crippen molar-refractivity contribution in [3.05, 3.63) is 23.8 Å². The van der Waals surface area contributed by atoms with Crippen LogP contribution < -0.4 is 0 Å². The fourth-order valence-electron chi connectivity index (χ4n) is 10.2. The standard InChI is InChI=1S/C35H58O6/c1-7-22(20(2)3)9-8-21(4)26-12-13-27-25-11-10-23-18-24(14-16-34(23,5)28(25)15-17-35(26,27)6)40-33-32(39)31(38)30(37)29(19-36)41-33/h8-9,11,20-24,26-33,36-39H,7,10,12-19H2,1-6H3/b9-8+/t21-,22-,23+,24+,26-,27+,28+,29-,30-,31+,32-,33-,34+,35-/m0/s1. The fourth-order valence-corrected chi connectivity index (χ4v) is 10.2. The summed E-state index contributed by atoms with van der Waals surface area (Å²) in [5.74, 6) is 4.61. The SMILES string of the molecule is CC[C@@H](/C=C/[C@H](C)[C@@H]1CC[C@@H]2C3=CC[C@@H]4C[C@H](O[C@H]5O[C@@H](CO)[C@H](O)[C@@H](O)[C@@H]5O)CC[C@@]4(C)[C@@H]3CC[C@]21C)C(C)C. The summed E-state index contributed by atoms with van der Waals surface area (Å²) in [6, 6.07) is 0. The Morgan fingerprint density at radius 3 is 2.34 bits per heavy atom. The van der Waals surface area contributed by atoms with Crippen LogP contribution in [0.25, 0.3) is 0 Å². The molecule has 14 atom stereocenters. The summed E-state index contributed by atoms with van der Waals surface area (Å²) >= 11 is 0. The molecule has 5 rings (SSSR count). The molecule has 1 heterocycles. The maximum absolute atomic E-state index is 10.5. The molecule has 6 heteroatoms. The number of hydrogen-bond donors (Lipinski definition) is 4. The lowest BCUT2D eigenvalue weighted by atomic mass is 9.47. The Bertz CT molecular complexity index is 960. The molecule has 3 saturated carbocycles. The molecule has 4 fully saturated rings. The van der Waals surface area contributed by atoms with Crippen LogP contribution in [-0.2, 0) is 9.47 Å². The second-order valence-electron chi connectivity index (χ2n) is 15.3. The average molecular weight is 575 g/mol. The highest BCUT2D eigenvalue weighted by atomic mass is 16.7. The third kappa shape index (κ3) is 5.64. The molecule has 1 saturated heterocycles. The van der Waals surface area contributed by atoms with Gasteiger partial charge in [-0.3, -0.25) is 0 Å². The minimum atomic E-state index is -1.40. The van der Waals surface area contributed by atoms with E-state index in [9.17, 15) is 20.4 Å². The smallest absolute Gasteiger partial charge is 0.186 e. The van der Waals surface area contributed by atoms with E-state index in [0.717, 1.165) is 31.6 Å². The monoisotopic (exact) mass is 574 g/mol. The van der Waals surface area contributed by atoms with Crippen molar-refractivity contribution in [2.75, 3.05) is 6.61 Å². The van der Waals surface area contributed by atoms with Crippen molar-refractivity contribution in [3.8, 4) is 0 Å². The van der Waals surface area contributed by atoms with Gasteiger partial charge in [0.15, 0.2) is 6.29 Å². The number of ether oxygens (including phenoxy) is 2. The first-order valence-corrected chi connectivity index (χ1v) is 16.8. The van der Waals surface area contributed by atoms with Crippen LogP contribution in [0.2, 0.25) is 0 Å². The molecule has 0 aromatic rings. The van der Waals surface area contributed by atoms with E-state index in [1.54, 1.807) is 5.57 Å². The lowest BCUT2D eigenvalue weighted by molar-refractivity contribution is -0.315. The molecule has 5 aliphatic rings. The van der Waals surface area contributed by atoms with Crippen molar-refractivity contribution in [2.45, 2.75) is 136 Å². The Morgan fingerprint density at radius 1 is 0.951 bits per heavy atom. The Morgan fingerprint density at radius 2 is 1.66 bits per heavy atom. The highest BCUT2D eigenvalue weighted by Crippen LogP contribution is 2.67. The summed E-state index contributed by atoms with van der Waals surface area (Å²) in [4.78, 5) is 0. The van der Waals surface area contributed by atoms with Crippen molar-refractivity contribution < 1.29 is 29.9 Å². The first-order valence-electron chi connectivity index (χ1n) is 16.8. The molecule has 4 N–H and O–H groups in total. The highest BCUT2D eigenvalue weighted by Gasteiger charge is 2.58. The molecule has 0 radical (unpaired) electrons. The van der Waals surface area contributed by atoms with Gasteiger partial charge in [-0.05, 0) is 110 Å². The van der Waals surface area contributed by atoms with Gasteiger partial charge in [-0.25, -0.2) is 0 Å². The molecule has 234 valence electrons. The number of aliphatic hydroxyl groups excluding tert-OH is 4. The zero-order valence-electron chi connectivity index (χ0n) is 26.4. The topological polar surface area (TPSA) is 99.4 Å². The minimum absolute atomic E-state index is 0.0698. The first-order chi connectivity index (χ1) is 19.4. The Hall–Kier alpha value is -0.760. The van der Waals surface area contributed by atoms with Gasteiger partial charge in [0.2, 0.25) is 0 Å². The third-order valence-electron chi connectivity index (χ3n) is 12.9. The van der Waals surface area contributed by atoms with E-state index in [4.69, 9.17) is 9.47 Å². The van der Waals surface area contributed by atoms with Crippen molar-refractivity contribution in [3.63, 3.8) is 0 Å². The summed E-state index contributed by atoms with van der Waals surface area (Å²) in [6.45, 7) is 14.2. The van der Waals surface area contributed by atoms with E-state index in [-0.39, 0.29) is 11.5 Å². The van der Waals surface area contributed by atoms with Gasteiger partial charge >= 0.3 is 0 Å². The summed E-state index contributed by atoms with van der Waals surface area (Å²) in [6.07, 6.45) is 12.0. The molecule has 6 nitrogen and oxygen atoms in total. The summed E-state index contributed by atoms with van der Waals surface area (Å²) in [7, 11) is 0. The van der Waals surface area contributed by atoms with E-state index >= 15 is 0 Å². The molecule has 0 aromatic heterocycles. The number of fused-ring (bicyclic) bond motifs is 5. The largest absolute Gasteiger partial charge is 0.394 e. The average Bonchev–Trinajstić information content (AvgIpc) is 3.30. The molecule has 0 aromatic carbocycles. The van der Waals surface area contributed by atoms with Crippen LogP contribution in [0.15, 0.2) is 23.8 Å². The summed E-state index contributed by atoms with van der Waals surface area (Å²) in [5.41, 5.74) is 2.41. The maximum Gasteiger partial charge on any atom is 0.186 e. The first kappa shape index (κ1) is 31.7. The Kier molecular flexibility index (Phi) is 9.51. The molecule has 1 aliphatic heterocycles. The van der Waals surface area contributed by atoms with Gasteiger partial charge in [0, 0.05) is 0 Å². The van der Waals surface area contributed by atoms with Gasteiger partial charge < -0.3 is 29.9 Å². The zero-order valence-corrected chi connectivity index (χ0v) is 26.4. The van der Waals surface area contributed by atoms with Crippen LogP contribution in [0.5, 0.6) is 0 Å². The second-order valence-corrected chi connectivity index (χ2v) is 15.3. The summed E-state index contributed by atoms with van der Waals surface area (Å²) in [5, 5.41) is 40.4. The van der Waals surface area contributed by atoms with Gasteiger partial charge in [0.25, 0.3) is 0 Å². The summed E-state index contributed by atoms with van der Waals surface area (Å²) < 4.78 is 11.9. The van der Waals surface area contributed by atoms with Crippen LogP contribution in [-0.4, -0.2) is 63.8 Å². The van der Waals surface area contributed by atoms with Crippen molar-refractivity contribution in [2.24, 2.45) is 52.3 Å². The predicted octanol–water partition coefficient (Wildman–Crippen LogP) is 5.63. The number of hydrogen-bond acceptors (Lipinski definition) is 6. The lowest BCUT2D eigenvalue weighted by Gasteiger charge is -2.58. The number of allylic oxidation sites excluding steroid dienone is 4. The van der Waals surface area contributed by atoms with Crippen LogP contribution in [0.4, 0.5) is 0 Å². The normalized spacial score (nSPS) is 47.9.